The number of hydrogen-bond acceptors (Lipinski definition) is 3. The highest BCUT2D eigenvalue weighted by Gasteiger charge is 2.45. The molecule has 0 aliphatic carbocycles. The Morgan fingerprint density at radius 1 is 1.25 bits per heavy atom. The first-order valence-electron chi connectivity index (χ1n) is 8.72. The molecule has 1 aromatic rings. The summed E-state index contributed by atoms with van der Waals surface area (Å²) in [5, 5.41) is 0. The topological polar surface area (TPSA) is 54.5 Å². The molecule has 0 N–H and O–H groups in total. The third-order valence-electron chi connectivity index (χ3n) is 5.09. The molecule has 130 valence electrons. The molecule has 2 atom stereocenters. The molecular formula is C19H27N2O3+. The quantitative estimate of drug-likeness (QED) is 0.570. The van der Waals surface area contributed by atoms with Crippen LogP contribution in [0.3, 0.4) is 0 Å². The van der Waals surface area contributed by atoms with E-state index in [0.29, 0.717) is 19.6 Å². The number of benzene rings is 1. The fraction of sp³-hybridized carbons (Fsp3) is 0.526. The Bertz CT molecular complexity index is 588. The number of hydrogen-bond donors (Lipinski definition) is 0. The van der Waals surface area contributed by atoms with Gasteiger partial charge in [-0.3, -0.25) is 4.79 Å². The molecule has 1 unspecified atom stereocenters. The number of amides is 3. The lowest BCUT2D eigenvalue weighted by atomic mass is 10.1. The van der Waals surface area contributed by atoms with Crippen molar-refractivity contribution < 1.29 is 18.9 Å². The zero-order valence-electron chi connectivity index (χ0n) is 14.6. The number of carbonyl (C=O) groups is 3. The summed E-state index contributed by atoms with van der Waals surface area (Å²) in [7, 11) is 0. The third-order valence-corrected chi connectivity index (χ3v) is 5.09. The van der Waals surface area contributed by atoms with Gasteiger partial charge in [0.05, 0.1) is 13.0 Å². The second-order valence-electron chi connectivity index (χ2n) is 6.54. The van der Waals surface area contributed by atoms with Gasteiger partial charge >= 0.3 is 12.3 Å². The summed E-state index contributed by atoms with van der Waals surface area (Å²) in [5.74, 6) is -0.162. The van der Waals surface area contributed by atoms with Crippen molar-refractivity contribution >= 4 is 18.2 Å². The van der Waals surface area contributed by atoms with Crippen molar-refractivity contribution in [1.29, 1.82) is 0 Å². The van der Waals surface area contributed by atoms with Crippen molar-refractivity contribution in [2.75, 3.05) is 13.1 Å². The van der Waals surface area contributed by atoms with Crippen molar-refractivity contribution in [1.82, 2.24) is 4.90 Å². The van der Waals surface area contributed by atoms with E-state index < -0.39 is 0 Å². The lowest BCUT2D eigenvalue weighted by Crippen LogP contribution is -2.54. The second-order valence-corrected chi connectivity index (χ2v) is 6.54. The Morgan fingerprint density at radius 3 is 2.50 bits per heavy atom. The predicted octanol–water partition coefficient (Wildman–Crippen LogP) is 2.50. The fourth-order valence-electron chi connectivity index (χ4n) is 3.45. The first-order chi connectivity index (χ1) is 11.5. The number of quaternary nitrogens is 1. The third kappa shape index (κ3) is 3.90. The van der Waals surface area contributed by atoms with E-state index in [2.05, 4.69) is 0 Å². The molecule has 0 radical (unpaired) electrons. The molecule has 1 aliphatic rings. The zero-order valence-corrected chi connectivity index (χ0v) is 14.6. The minimum atomic E-state index is -0.126. The molecule has 0 saturated carbocycles. The number of nitrogens with zero attached hydrogens (tertiary/aromatic N) is 2. The maximum Gasteiger partial charge on any atom is 0.321 e. The van der Waals surface area contributed by atoms with Crippen LogP contribution in [0, 0.1) is 0 Å². The molecule has 24 heavy (non-hydrogen) atoms. The first kappa shape index (κ1) is 18.3. The van der Waals surface area contributed by atoms with Crippen LogP contribution in [0.4, 0.5) is 0 Å². The summed E-state index contributed by atoms with van der Waals surface area (Å²) < 4.78 is -0.113. The summed E-state index contributed by atoms with van der Waals surface area (Å²) in [4.78, 5) is 38.3. The first-order valence-corrected chi connectivity index (χ1v) is 8.72. The lowest BCUT2D eigenvalue weighted by Gasteiger charge is -2.29. The van der Waals surface area contributed by atoms with Gasteiger partial charge in [-0.15, -0.1) is 0 Å². The van der Waals surface area contributed by atoms with Crippen molar-refractivity contribution in [2.45, 2.75) is 52.1 Å². The van der Waals surface area contributed by atoms with Crippen LogP contribution in [-0.4, -0.2) is 46.7 Å². The maximum absolute atomic E-state index is 12.6. The van der Waals surface area contributed by atoms with Crippen LogP contribution in [0.15, 0.2) is 30.3 Å². The van der Waals surface area contributed by atoms with Gasteiger partial charge in [0.15, 0.2) is 0 Å². The van der Waals surface area contributed by atoms with Gasteiger partial charge in [-0.2, -0.15) is 4.48 Å². The van der Waals surface area contributed by atoms with Crippen molar-refractivity contribution in [3.8, 4) is 0 Å². The van der Waals surface area contributed by atoms with E-state index in [4.69, 9.17) is 0 Å². The Kier molecular flexibility index (Phi) is 6.26. The number of rotatable bonds is 7. The molecule has 1 heterocycles. The smallest absolute Gasteiger partial charge is 0.321 e. The normalized spacial score (nSPS) is 23.0. The molecule has 1 saturated heterocycles. The van der Waals surface area contributed by atoms with Gasteiger partial charge in [0.2, 0.25) is 5.91 Å². The number of imide groups is 1. The van der Waals surface area contributed by atoms with Crippen LogP contribution in [0.2, 0.25) is 0 Å². The molecule has 0 aromatic heterocycles. The minimum absolute atomic E-state index is 0.0247. The summed E-state index contributed by atoms with van der Waals surface area (Å²) in [6.07, 6.45) is 2.83. The number of likely N-dealkylation sites (tertiary alicyclic amines) is 1. The number of carbonyl (C=O) groups excluding carboxylic acids is 3. The average Bonchev–Trinajstić information content (AvgIpc) is 2.99. The van der Waals surface area contributed by atoms with Gasteiger partial charge in [-0.1, -0.05) is 30.3 Å². The lowest BCUT2D eigenvalue weighted by molar-refractivity contribution is -0.780. The van der Waals surface area contributed by atoms with Gasteiger partial charge in [0.1, 0.15) is 6.04 Å². The van der Waals surface area contributed by atoms with E-state index in [9.17, 15) is 14.4 Å². The van der Waals surface area contributed by atoms with Crippen LogP contribution in [-0.2, 0) is 20.9 Å². The van der Waals surface area contributed by atoms with E-state index in [1.165, 1.54) is 0 Å². The molecule has 0 bridgehead atoms. The largest absolute Gasteiger partial charge is 0.339 e. The van der Waals surface area contributed by atoms with Crippen LogP contribution in [0.25, 0.3) is 0 Å². The maximum atomic E-state index is 12.6. The summed E-state index contributed by atoms with van der Waals surface area (Å²) >= 11 is 0. The van der Waals surface area contributed by atoms with Crippen LogP contribution < -0.4 is 0 Å². The SMILES string of the molecule is CCN(Cc1ccccc1)C(=O)CCC(=O)[N+]1(C=O)CCC[C@H]1C. The van der Waals surface area contributed by atoms with Crippen LogP contribution in [0.1, 0.15) is 45.1 Å². The molecule has 5 heteroatoms. The zero-order chi connectivity index (χ0) is 17.6. The highest BCUT2D eigenvalue weighted by Crippen LogP contribution is 2.26. The minimum Gasteiger partial charge on any atom is -0.339 e. The molecule has 1 aromatic carbocycles. The molecule has 1 aliphatic heterocycles. The Hall–Kier alpha value is -2.01. The van der Waals surface area contributed by atoms with Crippen molar-refractivity contribution in [3.63, 3.8) is 0 Å². The second kappa shape index (κ2) is 8.20. The van der Waals surface area contributed by atoms with E-state index >= 15 is 0 Å². The van der Waals surface area contributed by atoms with E-state index in [-0.39, 0.29) is 35.2 Å². The molecule has 3 amide bonds. The van der Waals surface area contributed by atoms with Gasteiger partial charge in [0, 0.05) is 32.4 Å². The molecule has 2 rings (SSSR count). The summed E-state index contributed by atoms with van der Waals surface area (Å²) in [5.41, 5.74) is 1.07. The Morgan fingerprint density at radius 2 is 1.96 bits per heavy atom. The highest BCUT2D eigenvalue weighted by atomic mass is 16.2. The molecule has 0 spiro atoms. The van der Waals surface area contributed by atoms with Crippen LogP contribution >= 0.6 is 0 Å². The van der Waals surface area contributed by atoms with Gasteiger partial charge in [0.25, 0.3) is 0 Å². The monoisotopic (exact) mass is 331 g/mol. The predicted molar refractivity (Wildman–Crippen MR) is 91.7 cm³/mol. The average molecular weight is 331 g/mol. The summed E-state index contributed by atoms with van der Waals surface area (Å²) in [6, 6.07) is 9.84. The van der Waals surface area contributed by atoms with Gasteiger partial charge in [-0.25, -0.2) is 9.59 Å². The van der Waals surface area contributed by atoms with Gasteiger partial charge in [-0.05, 0) is 19.4 Å². The van der Waals surface area contributed by atoms with E-state index in [0.717, 1.165) is 24.8 Å². The fourth-order valence-corrected chi connectivity index (χ4v) is 3.45. The summed E-state index contributed by atoms with van der Waals surface area (Å²) in [6.45, 7) is 5.60. The Balaban J connectivity index is 1.93. The standard InChI is InChI=1S/C19H27N2O3/c1-3-20(14-17-9-5-4-6-10-17)18(23)11-12-19(24)21(15-22)13-7-8-16(21)2/h4-6,9-10,15-16H,3,7-8,11-14H2,1-2H3/q+1/t16-,21?/m1/s1. The van der Waals surface area contributed by atoms with Crippen molar-refractivity contribution in [2.24, 2.45) is 0 Å². The van der Waals surface area contributed by atoms with E-state index in [1.807, 2.05) is 44.2 Å². The van der Waals surface area contributed by atoms with E-state index in [1.54, 1.807) is 4.90 Å². The molecular weight excluding hydrogens is 304 g/mol. The molecule has 5 nitrogen and oxygen atoms in total. The van der Waals surface area contributed by atoms with Crippen LogP contribution in [0.5, 0.6) is 0 Å². The highest BCUT2D eigenvalue weighted by molar-refractivity contribution is 5.83. The van der Waals surface area contributed by atoms with Gasteiger partial charge < -0.3 is 4.90 Å². The molecule has 1 fully saturated rings. The van der Waals surface area contributed by atoms with Crippen molar-refractivity contribution in [3.05, 3.63) is 35.9 Å². The Labute approximate surface area is 143 Å².